The maximum Gasteiger partial charge on any atom is 0.355 e. The second kappa shape index (κ2) is 5.42. The van der Waals surface area contributed by atoms with Gasteiger partial charge >= 0.3 is 6.03 Å². The highest BCUT2D eigenvalue weighted by Gasteiger charge is 2.39. The van der Waals surface area contributed by atoms with Gasteiger partial charge in [-0.3, -0.25) is 4.79 Å². The molecule has 1 aliphatic heterocycles. The Hall–Kier alpha value is -3.16. The molecule has 8 heteroatoms. The monoisotopic (exact) mass is 351 g/mol. The first-order chi connectivity index (χ1) is 12.6. The summed E-state index contributed by atoms with van der Waals surface area (Å²) in [4.78, 5) is 34.9. The standard InChI is InChI=1S/C18H14FN5O2/c19-11-6-7-12-13(9-11)20-18(26)24(17(12)25)14-5-2-8-23-16(14)21-15(22-23)10-3-1-4-10/h2,5-10,12H,1,3-4H2. The average Bonchev–Trinajstić information content (AvgIpc) is 2.96. The quantitative estimate of drug-likeness (QED) is 0.833. The number of carbonyl (C=O) groups excluding carboxylic acids is 2. The summed E-state index contributed by atoms with van der Waals surface area (Å²) >= 11 is 0. The Bertz CT molecular complexity index is 1050. The third-order valence-corrected chi connectivity index (χ3v) is 5.02. The van der Waals surface area contributed by atoms with Crippen LogP contribution in [0, 0.1) is 5.92 Å². The summed E-state index contributed by atoms with van der Waals surface area (Å²) in [5.41, 5.74) is 0.905. The smallest absolute Gasteiger partial charge is 0.273 e. The van der Waals surface area contributed by atoms with Gasteiger partial charge in [0.15, 0.2) is 11.5 Å². The van der Waals surface area contributed by atoms with Crippen LogP contribution in [0.2, 0.25) is 0 Å². The molecule has 26 heavy (non-hydrogen) atoms. The van der Waals surface area contributed by atoms with Crippen molar-refractivity contribution in [3.05, 3.63) is 48.2 Å². The van der Waals surface area contributed by atoms with Gasteiger partial charge in [0.2, 0.25) is 5.91 Å². The van der Waals surface area contributed by atoms with E-state index in [0.29, 0.717) is 17.3 Å². The molecule has 3 amide bonds. The molecule has 1 fully saturated rings. The van der Waals surface area contributed by atoms with Crippen molar-refractivity contribution < 1.29 is 14.0 Å². The Morgan fingerprint density at radius 3 is 2.85 bits per heavy atom. The Balaban J connectivity index is 1.61. The predicted octanol–water partition coefficient (Wildman–Crippen LogP) is 2.94. The van der Waals surface area contributed by atoms with Crippen LogP contribution in [0.25, 0.3) is 5.65 Å². The van der Waals surface area contributed by atoms with Gasteiger partial charge in [0, 0.05) is 12.1 Å². The van der Waals surface area contributed by atoms with E-state index in [9.17, 15) is 14.0 Å². The minimum atomic E-state index is -0.776. The minimum absolute atomic E-state index is 0.125. The fraction of sp³-hybridized carbons (Fsp3) is 0.278. The number of fused-ring (bicyclic) bond motifs is 2. The van der Waals surface area contributed by atoms with Crippen LogP contribution < -0.4 is 4.90 Å². The number of aromatic nitrogens is 3. The van der Waals surface area contributed by atoms with Gasteiger partial charge in [-0.2, -0.15) is 10.1 Å². The molecule has 3 heterocycles. The van der Waals surface area contributed by atoms with Gasteiger partial charge in [-0.25, -0.2) is 23.6 Å². The van der Waals surface area contributed by atoms with E-state index in [1.54, 1.807) is 22.8 Å². The molecule has 0 radical (unpaired) electrons. The summed E-state index contributed by atoms with van der Waals surface area (Å²) in [7, 11) is 0. The normalized spacial score (nSPS) is 23.0. The number of urea groups is 1. The molecule has 2 aliphatic carbocycles. The van der Waals surface area contributed by atoms with Crippen LogP contribution >= 0.6 is 0 Å². The number of imide groups is 1. The number of amides is 3. The summed E-state index contributed by atoms with van der Waals surface area (Å²) in [5.74, 6) is -0.719. The van der Waals surface area contributed by atoms with Crippen LogP contribution in [0.3, 0.4) is 0 Å². The molecule has 1 atom stereocenters. The third-order valence-electron chi connectivity index (χ3n) is 5.02. The van der Waals surface area contributed by atoms with E-state index in [1.807, 2.05) is 0 Å². The number of nitrogens with zero attached hydrogens (tertiary/aromatic N) is 5. The Morgan fingerprint density at radius 1 is 1.23 bits per heavy atom. The largest absolute Gasteiger partial charge is 0.355 e. The first-order valence-corrected chi connectivity index (χ1v) is 8.49. The molecule has 3 aliphatic rings. The molecule has 0 N–H and O–H groups in total. The third kappa shape index (κ3) is 2.15. The van der Waals surface area contributed by atoms with E-state index < -0.39 is 23.7 Å². The van der Waals surface area contributed by atoms with E-state index in [2.05, 4.69) is 15.1 Å². The zero-order chi connectivity index (χ0) is 17.8. The second-order valence-corrected chi connectivity index (χ2v) is 6.62. The minimum Gasteiger partial charge on any atom is -0.273 e. The van der Waals surface area contributed by atoms with E-state index in [1.165, 1.54) is 12.2 Å². The molecule has 2 aromatic heterocycles. The molecule has 7 nitrogen and oxygen atoms in total. The van der Waals surface area contributed by atoms with Gasteiger partial charge in [-0.15, -0.1) is 0 Å². The first kappa shape index (κ1) is 15.1. The summed E-state index contributed by atoms with van der Waals surface area (Å²) in [6.45, 7) is 0. The van der Waals surface area contributed by atoms with Crippen molar-refractivity contribution >= 4 is 29.0 Å². The molecular formula is C18H14FN5O2. The zero-order valence-electron chi connectivity index (χ0n) is 13.7. The molecule has 1 unspecified atom stereocenters. The fourth-order valence-electron chi connectivity index (χ4n) is 3.41. The van der Waals surface area contributed by atoms with E-state index in [0.717, 1.165) is 36.1 Å². The van der Waals surface area contributed by atoms with Gasteiger partial charge in [0.05, 0.1) is 17.3 Å². The highest BCUT2D eigenvalue weighted by Crippen LogP contribution is 2.36. The van der Waals surface area contributed by atoms with Crippen molar-refractivity contribution in [1.82, 2.24) is 14.6 Å². The summed E-state index contributed by atoms with van der Waals surface area (Å²) in [6.07, 6.45) is 8.73. The van der Waals surface area contributed by atoms with Crippen molar-refractivity contribution in [2.45, 2.75) is 25.2 Å². The highest BCUT2D eigenvalue weighted by atomic mass is 19.1. The molecule has 130 valence electrons. The van der Waals surface area contributed by atoms with Crippen LogP contribution in [0.15, 0.2) is 47.4 Å². The molecule has 0 bridgehead atoms. The Morgan fingerprint density at radius 2 is 2.08 bits per heavy atom. The second-order valence-electron chi connectivity index (χ2n) is 6.62. The van der Waals surface area contributed by atoms with Gasteiger partial charge in [-0.1, -0.05) is 12.5 Å². The number of hydrogen-bond acceptors (Lipinski definition) is 4. The lowest BCUT2D eigenvalue weighted by Gasteiger charge is -2.28. The number of hydrogen-bond donors (Lipinski definition) is 0. The van der Waals surface area contributed by atoms with Crippen LogP contribution in [-0.4, -0.2) is 32.2 Å². The maximum atomic E-state index is 13.4. The number of rotatable bonds is 2. The van der Waals surface area contributed by atoms with Crippen molar-refractivity contribution in [3.63, 3.8) is 0 Å². The van der Waals surface area contributed by atoms with Gasteiger partial charge in [-0.05, 0) is 37.1 Å². The van der Waals surface area contributed by atoms with Crippen molar-refractivity contribution in [1.29, 1.82) is 0 Å². The Labute approximate surface area is 147 Å². The number of pyridine rings is 1. The number of anilines is 1. The number of allylic oxidation sites excluding steroid dienone is 3. The number of carbonyl (C=O) groups is 2. The van der Waals surface area contributed by atoms with Crippen LogP contribution in [-0.2, 0) is 4.79 Å². The maximum absolute atomic E-state index is 13.4. The highest BCUT2D eigenvalue weighted by molar-refractivity contribution is 6.31. The van der Waals surface area contributed by atoms with Gasteiger partial charge in [0.25, 0.3) is 0 Å². The van der Waals surface area contributed by atoms with Crippen LogP contribution in [0.4, 0.5) is 14.9 Å². The lowest BCUT2D eigenvalue weighted by molar-refractivity contribution is -0.118. The lowest BCUT2D eigenvalue weighted by atomic mass is 9.85. The molecule has 0 saturated heterocycles. The van der Waals surface area contributed by atoms with E-state index in [4.69, 9.17) is 0 Å². The van der Waals surface area contributed by atoms with Crippen molar-refractivity contribution in [2.75, 3.05) is 4.90 Å². The first-order valence-electron chi connectivity index (χ1n) is 8.49. The zero-order valence-corrected chi connectivity index (χ0v) is 13.7. The number of halogens is 1. The molecule has 0 aromatic carbocycles. The molecular weight excluding hydrogens is 337 g/mol. The predicted molar refractivity (Wildman–Crippen MR) is 91.7 cm³/mol. The van der Waals surface area contributed by atoms with E-state index in [-0.39, 0.29) is 5.71 Å². The summed E-state index contributed by atoms with van der Waals surface area (Å²) in [6, 6.07) is 2.60. The summed E-state index contributed by atoms with van der Waals surface area (Å²) in [5, 5.41) is 4.48. The van der Waals surface area contributed by atoms with Crippen molar-refractivity contribution in [2.24, 2.45) is 10.9 Å². The topological polar surface area (TPSA) is 79.9 Å². The number of aliphatic imine (C=N–C) groups is 1. The molecule has 2 aromatic rings. The SMILES string of the molecule is O=C1N=C2C=C(F)C=CC2C(=O)N1c1cccn2nc(C3CCC3)nc12. The molecule has 1 saturated carbocycles. The molecule has 5 rings (SSSR count). The van der Waals surface area contributed by atoms with Gasteiger partial charge < -0.3 is 0 Å². The Kier molecular flexibility index (Phi) is 3.15. The summed E-state index contributed by atoms with van der Waals surface area (Å²) < 4.78 is 15.0. The lowest BCUT2D eigenvalue weighted by Crippen LogP contribution is -2.46. The van der Waals surface area contributed by atoms with E-state index >= 15 is 0 Å². The molecule has 0 spiro atoms. The van der Waals surface area contributed by atoms with Crippen LogP contribution in [0.5, 0.6) is 0 Å². The van der Waals surface area contributed by atoms with Gasteiger partial charge in [0.1, 0.15) is 5.83 Å². The average molecular weight is 351 g/mol. The fourth-order valence-corrected chi connectivity index (χ4v) is 3.41. The van der Waals surface area contributed by atoms with Crippen molar-refractivity contribution in [3.8, 4) is 0 Å². The van der Waals surface area contributed by atoms with Crippen LogP contribution in [0.1, 0.15) is 31.0 Å².